The Morgan fingerprint density at radius 2 is 2.25 bits per heavy atom. The highest BCUT2D eigenvalue weighted by Crippen LogP contribution is 2.23. The third-order valence-corrected chi connectivity index (χ3v) is 3.36. The molecule has 0 atom stereocenters. The average Bonchev–Trinajstić information content (AvgIpc) is 2.14. The summed E-state index contributed by atoms with van der Waals surface area (Å²) in [6.45, 7) is 0. The zero-order chi connectivity index (χ0) is 5.98. The molecule has 0 bridgehead atoms. The van der Waals surface area contributed by atoms with Gasteiger partial charge in [-0.25, -0.2) is 0 Å². The maximum atomic E-state index is 3.37. The summed E-state index contributed by atoms with van der Waals surface area (Å²) in [6.07, 6.45) is 0. The molecule has 0 aromatic carbocycles. The molecule has 1 heterocycles. The van der Waals surface area contributed by atoms with E-state index in [9.17, 15) is 0 Å². The highest BCUT2D eigenvalue weighted by molar-refractivity contribution is 9.11. The molecule has 0 N–H and O–H groups in total. The van der Waals surface area contributed by atoms with E-state index in [2.05, 4.69) is 44.0 Å². The van der Waals surface area contributed by atoms with E-state index in [1.807, 2.05) is 0 Å². The van der Waals surface area contributed by atoms with E-state index in [-0.39, 0.29) is 0 Å². The third-order valence-electron chi connectivity index (χ3n) is 0.761. The molecule has 0 aliphatic heterocycles. The van der Waals surface area contributed by atoms with Crippen LogP contribution in [0.3, 0.4) is 0 Å². The monoisotopic (exact) mass is 254 g/mol. The van der Waals surface area contributed by atoms with Gasteiger partial charge in [0.1, 0.15) is 0 Å². The summed E-state index contributed by atoms with van der Waals surface area (Å²) in [4.78, 5) is 1.36. The predicted molar refractivity (Wildman–Crippen MR) is 44.7 cm³/mol. The fourth-order valence-electron chi connectivity index (χ4n) is 0.424. The number of hydrogen-bond donors (Lipinski definition) is 0. The second kappa shape index (κ2) is 2.99. The van der Waals surface area contributed by atoms with E-state index in [4.69, 9.17) is 0 Å². The summed E-state index contributed by atoms with van der Waals surface area (Å²) in [5.41, 5.74) is 0. The molecule has 8 heavy (non-hydrogen) atoms. The van der Waals surface area contributed by atoms with Crippen LogP contribution in [-0.2, 0) is 5.33 Å². The molecule has 0 aliphatic rings. The van der Waals surface area contributed by atoms with Gasteiger partial charge in [-0.2, -0.15) is 0 Å². The van der Waals surface area contributed by atoms with Crippen molar-refractivity contribution in [1.82, 2.24) is 0 Å². The van der Waals surface area contributed by atoms with Gasteiger partial charge < -0.3 is 0 Å². The zero-order valence-corrected chi connectivity index (χ0v) is 8.01. The lowest BCUT2D eigenvalue weighted by Crippen LogP contribution is -1.57. The Labute approximate surface area is 69.2 Å². The summed E-state index contributed by atoms with van der Waals surface area (Å²) in [5.74, 6) is 0. The largest absolute Gasteiger partial charge is 0.132 e. The van der Waals surface area contributed by atoms with Crippen molar-refractivity contribution < 1.29 is 0 Å². The Bertz CT molecular complexity index is 171. The summed E-state index contributed by atoms with van der Waals surface area (Å²) >= 11 is 8.49. The van der Waals surface area contributed by atoms with Gasteiger partial charge in [-0.15, -0.1) is 11.3 Å². The van der Waals surface area contributed by atoms with Gasteiger partial charge in [-0.3, -0.25) is 0 Å². The second-order valence-electron chi connectivity index (χ2n) is 1.34. The lowest BCUT2D eigenvalue weighted by atomic mass is 10.5. The van der Waals surface area contributed by atoms with Gasteiger partial charge in [0.25, 0.3) is 0 Å². The van der Waals surface area contributed by atoms with Crippen LogP contribution in [0.15, 0.2) is 15.9 Å². The number of hydrogen-bond acceptors (Lipinski definition) is 1. The summed E-state index contributed by atoms with van der Waals surface area (Å²) in [5, 5.41) is 0.962. The fourth-order valence-corrected chi connectivity index (χ4v) is 2.29. The fraction of sp³-hybridized carbons (Fsp3) is 0.200. The Morgan fingerprint density at radius 1 is 1.50 bits per heavy atom. The van der Waals surface area contributed by atoms with Crippen molar-refractivity contribution in [3.8, 4) is 0 Å². The van der Waals surface area contributed by atoms with E-state index in [0.717, 1.165) is 5.33 Å². The molecule has 1 aromatic heterocycles. The third kappa shape index (κ3) is 1.57. The van der Waals surface area contributed by atoms with Crippen LogP contribution < -0.4 is 0 Å². The van der Waals surface area contributed by atoms with Gasteiger partial charge in [0.2, 0.25) is 0 Å². The lowest BCUT2D eigenvalue weighted by molar-refractivity contribution is 1.59. The van der Waals surface area contributed by atoms with E-state index in [0.29, 0.717) is 0 Å². The van der Waals surface area contributed by atoms with Crippen LogP contribution in [-0.4, -0.2) is 0 Å². The molecule has 0 radical (unpaired) electrons. The van der Waals surface area contributed by atoms with Gasteiger partial charge in [0, 0.05) is 10.2 Å². The van der Waals surface area contributed by atoms with E-state index in [1.165, 1.54) is 8.66 Å². The highest BCUT2D eigenvalue weighted by Gasteiger charge is 1.91. The number of rotatable bonds is 1. The molecule has 0 spiro atoms. The van der Waals surface area contributed by atoms with Gasteiger partial charge in [0.15, 0.2) is 0 Å². The summed E-state index contributed by atoms with van der Waals surface area (Å²) in [6, 6.07) is 4.16. The van der Waals surface area contributed by atoms with Crippen molar-refractivity contribution in [3.63, 3.8) is 0 Å². The quantitative estimate of drug-likeness (QED) is 0.675. The first-order valence-electron chi connectivity index (χ1n) is 2.13. The number of alkyl halides is 1. The Morgan fingerprint density at radius 3 is 2.50 bits per heavy atom. The van der Waals surface area contributed by atoms with Crippen LogP contribution in [0.4, 0.5) is 0 Å². The molecule has 0 fully saturated rings. The van der Waals surface area contributed by atoms with Crippen molar-refractivity contribution in [1.29, 1.82) is 0 Å². The van der Waals surface area contributed by atoms with Crippen LogP contribution in [0.1, 0.15) is 4.88 Å². The smallest absolute Gasteiger partial charge is 0.0701 e. The Balaban J connectivity index is 2.84. The maximum absolute atomic E-state index is 3.37. The molecule has 1 aromatic rings. The number of thiophene rings is 1. The minimum Gasteiger partial charge on any atom is -0.132 e. The molecule has 0 unspecified atom stereocenters. The molecule has 0 amide bonds. The summed E-state index contributed by atoms with van der Waals surface area (Å²) in [7, 11) is 0. The van der Waals surface area contributed by atoms with Gasteiger partial charge in [-0.1, -0.05) is 15.9 Å². The Hall–Kier alpha value is 0.660. The summed E-state index contributed by atoms with van der Waals surface area (Å²) < 4.78 is 1.20. The predicted octanol–water partition coefficient (Wildman–Crippen LogP) is 3.41. The topological polar surface area (TPSA) is 0 Å². The second-order valence-corrected chi connectivity index (χ2v) is 4.45. The molecule has 0 saturated carbocycles. The normalized spacial score (nSPS) is 9.75. The van der Waals surface area contributed by atoms with Crippen molar-refractivity contribution in [2.75, 3.05) is 0 Å². The van der Waals surface area contributed by atoms with E-state index >= 15 is 0 Å². The van der Waals surface area contributed by atoms with Gasteiger partial charge in [-0.05, 0) is 28.1 Å². The molecule has 1 rings (SSSR count). The van der Waals surface area contributed by atoms with Crippen LogP contribution in [0.5, 0.6) is 0 Å². The van der Waals surface area contributed by atoms with Crippen molar-refractivity contribution in [2.24, 2.45) is 0 Å². The molecule has 0 saturated heterocycles. The standard InChI is InChI=1S/C5H4Br2S/c6-3-4-1-2-5(7)8-4/h1-2H,3H2. The molecular formula is C5H4Br2S. The maximum Gasteiger partial charge on any atom is 0.0701 e. The first kappa shape index (κ1) is 6.78. The van der Waals surface area contributed by atoms with E-state index in [1.54, 1.807) is 11.3 Å². The minimum absolute atomic E-state index is 0.962. The zero-order valence-electron chi connectivity index (χ0n) is 4.03. The first-order valence-corrected chi connectivity index (χ1v) is 4.86. The molecular weight excluding hydrogens is 252 g/mol. The van der Waals surface area contributed by atoms with Crippen molar-refractivity contribution in [3.05, 3.63) is 20.8 Å². The molecule has 3 heteroatoms. The lowest BCUT2D eigenvalue weighted by Gasteiger charge is -1.78. The van der Waals surface area contributed by atoms with Crippen LogP contribution in [0.2, 0.25) is 0 Å². The minimum atomic E-state index is 0.962. The van der Waals surface area contributed by atoms with Gasteiger partial charge in [0.05, 0.1) is 3.79 Å². The van der Waals surface area contributed by atoms with E-state index < -0.39 is 0 Å². The van der Waals surface area contributed by atoms with Crippen LogP contribution in [0.25, 0.3) is 0 Å². The van der Waals surface area contributed by atoms with Crippen molar-refractivity contribution >= 4 is 43.2 Å². The molecule has 0 nitrogen and oxygen atoms in total. The SMILES string of the molecule is BrCc1ccc(Br)s1. The van der Waals surface area contributed by atoms with Crippen LogP contribution >= 0.6 is 43.2 Å². The molecule has 0 aliphatic carbocycles. The Kier molecular flexibility index (Phi) is 2.53. The first-order chi connectivity index (χ1) is 3.83. The average molecular weight is 256 g/mol. The van der Waals surface area contributed by atoms with Crippen molar-refractivity contribution in [2.45, 2.75) is 5.33 Å². The number of halogens is 2. The van der Waals surface area contributed by atoms with Crippen LogP contribution in [0, 0.1) is 0 Å². The highest BCUT2D eigenvalue weighted by atomic mass is 79.9. The van der Waals surface area contributed by atoms with Gasteiger partial charge >= 0.3 is 0 Å². The molecule has 44 valence electrons.